The Kier molecular flexibility index (Phi) is 9.11. The highest BCUT2D eigenvalue weighted by atomic mass is 79.9. The molecule has 0 saturated carbocycles. The summed E-state index contributed by atoms with van der Waals surface area (Å²) in [6.07, 6.45) is 13.5. The van der Waals surface area contributed by atoms with Crippen LogP contribution in [-0.2, 0) is 0 Å². The zero-order valence-corrected chi connectivity index (χ0v) is 33.9. The Morgan fingerprint density at radius 1 is 0.491 bits per heavy atom. The number of hydrogen-bond donors (Lipinski definition) is 1. The average molecular weight is 800 g/mol. The van der Waals surface area contributed by atoms with E-state index < -0.39 is 0 Å². The lowest BCUT2D eigenvalue weighted by Gasteiger charge is -2.31. The summed E-state index contributed by atoms with van der Waals surface area (Å²) in [6, 6.07) is 53.2. The molecule has 0 aliphatic heterocycles. The Morgan fingerprint density at radius 3 is 1.88 bits per heavy atom. The summed E-state index contributed by atoms with van der Waals surface area (Å²) in [4.78, 5) is 6.28. The topological polar surface area (TPSA) is 19.0 Å². The molecule has 2 nitrogen and oxygen atoms in total. The third-order valence-corrected chi connectivity index (χ3v) is 12.7. The zero-order valence-electron chi connectivity index (χ0n) is 32.3. The molecule has 0 saturated heterocycles. The Morgan fingerprint density at radius 2 is 1.11 bits per heavy atom. The van der Waals surface area contributed by atoms with E-state index in [-0.39, 0.29) is 0 Å². The van der Waals surface area contributed by atoms with E-state index in [4.69, 9.17) is 0 Å². The van der Waals surface area contributed by atoms with Crippen LogP contribution in [0.3, 0.4) is 0 Å². The van der Waals surface area contributed by atoms with Crippen molar-refractivity contribution in [1.29, 1.82) is 0 Å². The number of rotatable bonds is 6. The molecule has 276 valence electrons. The van der Waals surface area contributed by atoms with Crippen molar-refractivity contribution in [3.8, 4) is 11.3 Å². The summed E-state index contributed by atoms with van der Waals surface area (Å²) in [5.74, 6) is 0. The minimum Gasteiger partial charge on any atom is -0.354 e. The van der Waals surface area contributed by atoms with Gasteiger partial charge in [0.1, 0.15) is 0 Å². The lowest BCUT2D eigenvalue weighted by molar-refractivity contribution is 0.855. The average Bonchev–Trinajstić information content (AvgIpc) is 3.61. The second-order valence-corrected chi connectivity index (χ2v) is 15.7. The molecule has 2 aliphatic carbocycles. The summed E-state index contributed by atoms with van der Waals surface area (Å²) in [7, 11) is 0. The van der Waals surface area contributed by atoms with Crippen LogP contribution < -0.4 is 4.90 Å². The van der Waals surface area contributed by atoms with Crippen LogP contribution in [0.4, 0.5) is 11.4 Å². The third-order valence-electron chi connectivity index (χ3n) is 11.9. The smallest absolute Gasteiger partial charge is 0.0615 e. The monoisotopic (exact) mass is 798 g/mol. The fourth-order valence-electron chi connectivity index (χ4n) is 9.17. The highest BCUT2D eigenvalue weighted by Gasteiger charge is 2.22. The number of halogens is 1. The summed E-state index contributed by atoms with van der Waals surface area (Å²) < 4.78 is 1.12. The molecule has 3 heteroatoms. The van der Waals surface area contributed by atoms with Gasteiger partial charge in [0.05, 0.1) is 15.9 Å². The van der Waals surface area contributed by atoms with Gasteiger partial charge in [-0.2, -0.15) is 0 Å². The molecule has 57 heavy (non-hydrogen) atoms. The van der Waals surface area contributed by atoms with E-state index >= 15 is 0 Å². The maximum atomic E-state index is 4.01. The first-order valence-electron chi connectivity index (χ1n) is 20.3. The van der Waals surface area contributed by atoms with Crippen molar-refractivity contribution >= 4 is 86.9 Å². The van der Waals surface area contributed by atoms with Gasteiger partial charge in [-0.05, 0) is 132 Å². The van der Waals surface area contributed by atoms with E-state index in [1.807, 2.05) is 13.8 Å². The van der Waals surface area contributed by atoms with Gasteiger partial charge in [0.2, 0.25) is 0 Å². The van der Waals surface area contributed by atoms with Crippen molar-refractivity contribution in [3.05, 3.63) is 197 Å². The molecule has 1 heterocycles. The van der Waals surface area contributed by atoms with Crippen LogP contribution in [0.15, 0.2) is 191 Å². The van der Waals surface area contributed by atoms with Crippen molar-refractivity contribution in [1.82, 2.24) is 4.98 Å². The quantitative estimate of drug-likeness (QED) is 0.166. The summed E-state index contributed by atoms with van der Waals surface area (Å²) >= 11 is 4.01. The van der Waals surface area contributed by atoms with Crippen molar-refractivity contribution in [2.75, 3.05) is 4.90 Å². The van der Waals surface area contributed by atoms with E-state index in [9.17, 15) is 0 Å². The number of nitrogens with one attached hydrogen (secondary N) is 1. The molecular formula is C54H43BrN2. The Hall–Kier alpha value is -6.16. The van der Waals surface area contributed by atoms with Crippen molar-refractivity contribution in [2.45, 2.75) is 39.5 Å². The van der Waals surface area contributed by atoms with Gasteiger partial charge in [-0.25, -0.2) is 0 Å². The largest absolute Gasteiger partial charge is 0.354 e. The molecule has 0 atom stereocenters. The first-order valence-corrected chi connectivity index (χ1v) is 21.1. The number of nitrogens with zero attached hydrogens (tertiary/aromatic N) is 1. The third kappa shape index (κ3) is 6.09. The fraction of sp³-hybridized carbons (Fsp3) is 0.111. The first-order chi connectivity index (χ1) is 28.2. The molecule has 0 fully saturated rings. The number of H-pyrrole nitrogens is 1. The highest BCUT2D eigenvalue weighted by Crippen LogP contribution is 2.44. The number of aromatic nitrogens is 1. The molecule has 2 aliphatic rings. The number of benzene rings is 8. The first kappa shape index (κ1) is 35.3. The standard InChI is InChI=1S/C52H37BrN2.C2H6/c53-51-46-31-26-40(32-47(46)54-52(51)45-30-25-39-21-20-37-10-6-11-38-24-29-44(45)50(39)49(37)38)35-18-16-33(17-19-35)34-22-27-42(28-23-34)55(41-12-2-1-3-13-41)48-15-7-9-36-8-4-5-14-43(36)48;1-2/h1-16,18,20-22,24-27,29-32,54H,17,19,23,28H2;1-2H3. The fourth-order valence-corrected chi connectivity index (χ4v) is 9.83. The normalized spacial score (nSPS) is 14.4. The second kappa shape index (κ2) is 14.7. The van der Waals surface area contributed by atoms with Crippen LogP contribution in [0.1, 0.15) is 45.1 Å². The number of hydrogen-bond acceptors (Lipinski definition) is 1. The van der Waals surface area contributed by atoms with Gasteiger partial charge in [-0.3, -0.25) is 0 Å². The number of anilines is 2. The van der Waals surface area contributed by atoms with Crippen LogP contribution in [-0.4, -0.2) is 4.98 Å². The molecule has 0 spiro atoms. The SMILES string of the molecule is Brc1c(-c2ccc3ccc4cccc5ccc2c3c45)[nH]c2cc(C3=CC=C(C4=CC=C(N(c5ccccc5)c5cccc6ccccc56)CC4)CC3)ccc12.CC. The van der Waals surface area contributed by atoms with Gasteiger partial charge >= 0.3 is 0 Å². The van der Waals surface area contributed by atoms with Crippen molar-refractivity contribution in [2.24, 2.45) is 0 Å². The molecule has 0 amide bonds. The Balaban J connectivity index is 0.00000195. The minimum absolute atomic E-state index is 0.991. The Bertz CT molecular complexity index is 3080. The second-order valence-electron chi connectivity index (χ2n) is 14.9. The molecule has 1 aromatic heterocycles. The molecule has 0 unspecified atom stereocenters. The molecule has 8 aromatic carbocycles. The molecule has 0 bridgehead atoms. The molecule has 11 rings (SSSR count). The predicted octanol–water partition coefficient (Wildman–Crippen LogP) is 16.2. The van der Waals surface area contributed by atoms with Crippen molar-refractivity contribution < 1.29 is 0 Å². The van der Waals surface area contributed by atoms with E-state index in [0.29, 0.717) is 0 Å². The highest BCUT2D eigenvalue weighted by molar-refractivity contribution is 9.10. The van der Waals surface area contributed by atoms with Gasteiger partial charge in [-0.15, -0.1) is 0 Å². The minimum atomic E-state index is 0.991. The van der Waals surface area contributed by atoms with E-state index in [1.165, 1.54) is 93.4 Å². The predicted molar refractivity (Wildman–Crippen MR) is 250 cm³/mol. The lowest BCUT2D eigenvalue weighted by atomic mass is 9.86. The molecule has 9 aromatic rings. The van der Waals surface area contributed by atoms with Crippen LogP contribution in [0, 0.1) is 0 Å². The van der Waals surface area contributed by atoms with Gasteiger partial charge in [0.25, 0.3) is 0 Å². The van der Waals surface area contributed by atoms with Gasteiger partial charge in [0.15, 0.2) is 0 Å². The van der Waals surface area contributed by atoms with Crippen LogP contribution >= 0.6 is 15.9 Å². The summed E-state index contributed by atoms with van der Waals surface area (Å²) in [6.45, 7) is 4.00. The summed E-state index contributed by atoms with van der Waals surface area (Å²) in [5.41, 5.74) is 12.8. The number of para-hydroxylation sites is 1. The van der Waals surface area contributed by atoms with Gasteiger partial charge < -0.3 is 9.88 Å². The summed E-state index contributed by atoms with van der Waals surface area (Å²) in [5, 5.41) is 11.6. The van der Waals surface area contributed by atoms with E-state index in [2.05, 4.69) is 196 Å². The van der Waals surface area contributed by atoms with E-state index in [0.717, 1.165) is 41.4 Å². The van der Waals surface area contributed by atoms with Crippen LogP contribution in [0.25, 0.3) is 70.8 Å². The number of fused-ring (bicyclic) bond motifs is 2. The molecular weight excluding hydrogens is 757 g/mol. The number of allylic oxidation sites excluding steroid dienone is 8. The van der Waals surface area contributed by atoms with Gasteiger partial charge in [-0.1, -0.05) is 153 Å². The van der Waals surface area contributed by atoms with Crippen LogP contribution in [0.2, 0.25) is 0 Å². The molecule has 1 N–H and O–H groups in total. The lowest BCUT2D eigenvalue weighted by Crippen LogP contribution is -2.18. The van der Waals surface area contributed by atoms with Crippen LogP contribution in [0.5, 0.6) is 0 Å². The maximum absolute atomic E-state index is 4.01. The maximum Gasteiger partial charge on any atom is 0.0615 e. The molecule has 0 radical (unpaired) electrons. The Labute approximate surface area is 342 Å². The van der Waals surface area contributed by atoms with Gasteiger partial charge in [0, 0.05) is 33.2 Å². The zero-order chi connectivity index (χ0) is 38.5. The van der Waals surface area contributed by atoms with Crippen molar-refractivity contribution in [3.63, 3.8) is 0 Å². The van der Waals surface area contributed by atoms with E-state index in [1.54, 1.807) is 0 Å². The number of aromatic amines is 1.